The molecule has 30 heavy (non-hydrogen) atoms. The number of thiophene rings is 1. The summed E-state index contributed by atoms with van der Waals surface area (Å²) in [7, 11) is 3.13. The molecule has 7 heteroatoms. The second kappa shape index (κ2) is 8.85. The maximum atomic E-state index is 12.9. The van der Waals surface area contributed by atoms with Crippen molar-refractivity contribution in [3.05, 3.63) is 66.0 Å². The van der Waals surface area contributed by atoms with E-state index in [1.165, 1.54) is 11.8 Å². The average molecular weight is 437 g/mol. The molecule has 0 amide bonds. The third kappa shape index (κ3) is 4.17. The van der Waals surface area contributed by atoms with Crippen LogP contribution in [0.3, 0.4) is 0 Å². The van der Waals surface area contributed by atoms with Gasteiger partial charge in [0.1, 0.15) is 27.2 Å². The van der Waals surface area contributed by atoms with Gasteiger partial charge in [0, 0.05) is 10.3 Å². The first-order chi connectivity index (χ1) is 14.6. The average Bonchev–Trinajstić information content (AvgIpc) is 3.21. The molecular formula is C23H20N2O3S2. The molecule has 5 nitrogen and oxygen atoms in total. The number of thioether (sulfide) groups is 1. The molecule has 0 aliphatic heterocycles. The van der Waals surface area contributed by atoms with Crippen LogP contribution in [0.2, 0.25) is 0 Å². The molecule has 2 heterocycles. The van der Waals surface area contributed by atoms with Crippen molar-refractivity contribution < 1.29 is 14.3 Å². The van der Waals surface area contributed by atoms with Gasteiger partial charge in [-0.25, -0.2) is 9.97 Å². The van der Waals surface area contributed by atoms with Crippen molar-refractivity contribution >= 4 is 39.1 Å². The van der Waals surface area contributed by atoms with Gasteiger partial charge < -0.3 is 9.47 Å². The molecule has 0 aliphatic carbocycles. The largest absolute Gasteiger partial charge is 0.497 e. The van der Waals surface area contributed by atoms with Crippen LogP contribution in [0.15, 0.2) is 59.6 Å². The van der Waals surface area contributed by atoms with Crippen molar-refractivity contribution in [1.29, 1.82) is 0 Å². The van der Waals surface area contributed by atoms with E-state index in [1.54, 1.807) is 43.8 Å². The molecule has 2 aromatic carbocycles. The fraction of sp³-hybridized carbons (Fsp3) is 0.174. The molecule has 0 fully saturated rings. The minimum Gasteiger partial charge on any atom is -0.497 e. The summed E-state index contributed by atoms with van der Waals surface area (Å²) in [5.74, 6) is 2.05. The van der Waals surface area contributed by atoms with Crippen molar-refractivity contribution in [1.82, 2.24) is 9.97 Å². The number of nitrogens with zero attached hydrogens (tertiary/aromatic N) is 2. The highest BCUT2D eigenvalue weighted by Gasteiger charge is 2.17. The molecule has 0 unspecified atom stereocenters. The Bertz CT molecular complexity index is 1210. The number of rotatable bonds is 7. The van der Waals surface area contributed by atoms with Gasteiger partial charge in [-0.3, -0.25) is 4.79 Å². The van der Waals surface area contributed by atoms with Gasteiger partial charge in [-0.15, -0.1) is 11.3 Å². The van der Waals surface area contributed by atoms with Gasteiger partial charge in [0.15, 0.2) is 5.78 Å². The maximum Gasteiger partial charge on any atom is 0.176 e. The predicted octanol–water partition coefficient (Wildman–Crippen LogP) is 5.66. The van der Waals surface area contributed by atoms with Crippen molar-refractivity contribution in [3.63, 3.8) is 0 Å². The number of carbonyl (C=O) groups is 1. The van der Waals surface area contributed by atoms with Crippen LogP contribution >= 0.6 is 23.1 Å². The Morgan fingerprint density at radius 2 is 1.83 bits per heavy atom. The number of fused-ring (bicyclic) bond motifs is 1. The summed E-state index contributed by atoms with van der Waals surface area (Å²) in [6, 6.07) is 17.5. The van der Waals surface area contributed by atoms with E-state index in [-0.39, 0.29) is 11.5 Å². The third-order valence-electron chi connectivity index (χ3n) is 4.57. The normalized spacial score (nSPS) is 10.9. The summed E-state index contributed by atoms with van der Waals surface area (Å²) < 4.78 is 10.6. The standard InChI is InChI=1S/C23H20N2O3S2/c1-14-24-22(18-12-21(30-23(18)25-14)15-7-5-4-6-8-15)29-13-19(26)17-11-16(27-2)9-10-20(17)28-3/h4-12H,13H2,1-3H3. The van der Waals surface area contributed by atoms with Gasteiger partial charge in [-0.2, -0.15) is 0 Å². The number of hydrogen-bond donors (Lipinski definition) is 0. The topological polar surface area (TPSA) is 61.3 Å². The Kier molecular flexibility index (Phi) is 6.01. The first-order valence-corrected chi connectivity index (χ1v) is 11.1. The van der Waals surface area contributed by atoms with E-state index in [2.05, 4.69) is 28.2 Å². The van der Waals surface area contributed by atoms with Gasteiger partial charge in [0.05, 0.1) is 25.5 Å². The summed E-state index contributed by atoms with van der Waals surface area (Å²) in [4.78, 5) is 24.2. The Hall–Kier alpha value is -2.90. The molecular weight excluding hydrogens is 416 g/mol. The van der Waals surface area contributed by atoms with Crippen LogP contribution in [0.1, 0.15) is 16.2 Å². The van der Waals surface area contributed by atoms with E-state index >= 15 is 0 Å². The number of Topliss-reactive ketones (excluding diaryl/α,β-unsaturated/α-hetero) is 1. The summed E-state index contributed by atoms with van der Waals surface area (Å²) in [5, 5.41) is 1.78. The molecule has 0 radical (unpaired) electrons. The van der Waals surface area contributed by atoms with Crippen LogP contribution in [-0.2, 0) is 0 Å². The first kappa shape index (κ1) is 20.4. The summed E-state index contributed by atoms with van der Waals surface area (Å²) in [6.07, 6.45) is 0. The lowest BCUT2D eigenvalue weighted by Crippen LogP contribution is -2.06. The van der Waals surface area contributed by atoms with Crippen molar-refractivity contribution in [2.45, 2.75) is 11.9 Å². The minimum atomic E-state index is -0.0429. The molecule has 0 bridgehead atoms. The lowest BCUT2D eigenvalue weighted by atomic mass is 10.1. The number of ketones is 1. The highest BCUT2D eigenvalue weighted by molar-refractivity contribution is 8.00. The summed E-state index contributed by atoms with van der Waals surface area (Å²) >= 11 is 3.05. The van der Waals surface area contributed by atoms with E-state index in [0.717, 1.165) is 25.7 Å². The second-order valence-electron chi connectivity index (χ2n) is 6.55. The minimum absolute atomic E-state index is 0.0429. The van der Waals surface area contributed by atoms with E-state index in [9.17, 15) is 4.79 Å². The Morgan fingerprint density at radius 3 is 2.57 bits per heavy atom. The number of carbonyl (C=O) groups excluding carboxylic acids is 1. The molecule has 4 rings (SSSR count). The van der Waals surface area contributed by atoms with Crippen LogP contribution < -0.4 is 9.47 Å². The third-order valence-corrected chi connectivity index (χ3v) is 6.64. The van der Waals surface area contributed by atoms with Crippen molar-refractivity contribution in [2.75, 3.05) is 20.0 Å². The Labute approximate surface area is 183 Å². The SMILES string of the molecule is COc1ccc(OC)c(C(=O)CSc2nc(C)nc3sc(-c4ccccc4)cc23)c1. The second-order valence-corrected chi connectivity index (χ2v) is 8.54. The molecule has 0 N–H and O–H groups in total. The number of benzene rings is 2. The number of methoxy groups -OCH3 is 2. The highest BCUT2D eigenvalue weighted by atomic mass is 32.2. The highest BCUT2D eigenvalue weighted by Crippen LogP contribution is 2.37. The zero-order valence-electron chi connectivity index (χ0n) is 16.8. The quantitative estimate of drug-likeness (QED) is 0.212. The number of hydrogen-bond acceptors (Lipinski definition) is 7. The lowest BCUT2D eigenvalue weighted by Gasteiger charge is -2.09. The van der Waals surface area contributed by atoms with E-state index in [1.807, 2.05) is 25.1 Å². The smallest absolute Gasteiger partial charge is 0.176 e. The van der Waals surface area contributed by atoms with Gasteiger partial charge in [-0.1, -0.05) is 42.1 Å². The van der Waals surface area contributed by atoms with Gasteiger partial charge in [-0.05, 0) is 36.8 Å². The van der Waals surface area contributed by atoms with Crippen molar-refractivity contribution in [3.8, 4) is 21.9 Å². The summed E-state index contributed by atoms with van der Waals surface area (Å²) in [6.45, 7) is 1.87. The van der Waals surface area contributed by atoms with Crippen LogP contribution in [0.5, 0.6) is 11.5 Å². The molecule has 2 aromatic heterocycles. The van der Waals surface area contributed by atoms with E-state index in [0.29, 0.717) is 22.9 Å². The predicted molar refractivity (Wildman–Crippen MR) is 122 cm³/mol. The zero-order valence-corrected chi connectivity index (χ0v) is 18.5. The maximum absolute atomic E-state index is 12.9. The van der Waals surface area contributed by atoms with Crippen LogP contribution in [0.25, 0.3) is 20.7 Å². The van der Waals surface area contributed by atoms with E-state index in [4.69, 9.17) is 9.47 Å². The monoisotopic (exact) mass is 436 g/mol. The fourth-order valence-electron chi connectivity index (χ4n) is 3.10. The van der Waals surface area contributed by atoms with Crippen molar-refractivity contribution in [2.24, 2.45) is 0 Å². The molecule has 4 aromatic rings. The molecule has 0 saturated heterocycles. The summed E-state index contributed by atoms with van der Waals surface area (Å²) in [5.41, 5.74) is 1.65. The number of ether oxygens (including phenoxy) is 2. The van der Waals surface area contributed by atoms with Crippen LogP contribution in [-0.4, -0.2) is 35.7 Å². The van der Waals surface area contributed by atoms with Gasteiger partial charge in [0.2, 0.25) is 0 Å². The molecule has 0 atom stereocenters. The Balaban J connectivity index is 1.63. The number of aryl methyl sites for hydroxylation is 1. The first-order valence-electron chi connectivity index (χ1n) is 9.30. The van der Waals surface area contributed by atoms with Crippen LogP contribution in [0.4, 0.5) is 0 Å². The van der Waals surface area contributed by atoms with E-state index < -0.39 is 0 Å². The van der Waals surface area contributed by atoms with Crippen LogP contribution in [0, 0.1) is 6.92 Å². The number of aromatic nitrogens is 2. The van der Waals surface area contributed by atoms with Gasteiger partial charge in [0.25, 0.3) is 0 Å². The molecule has 0 aliphatic rings. The Morgan fingerprint density at radius 1 is 1.03 bits per heavy atom. The fourth-order valence-corrected chi connectivity index (χ4v) is 5.17. The molecule has 0 saturated carbocycles. The lowest BCUT2D eigenvalue weighted by molar-refractivity contribution is 0.101. The molecule has 0 spiro atoms. The molecule has 152 valence electrons. The van der Waals surface area contributed by atoms with Gasteiger partial charge >= 0.3 is 0 Å². The zero-order chi connectivity index (χ0) is 21.1.